The molecule has 0 N–H and O–H groups in total. The monoisotopic (exact) mass is 351 g/mol. The van der Waals surface area contributed by atoms with Gasteiger partial charge in [0.15, 0.2) is 0 Å². The summed E-state index contributed by atoms with van der Waals surface area (Å²) in [6.07, 6.45) is 0.849. The average Bonchev–Trinajstić information content (AvgIpc) is 2.46. The summed E-state index contributed by atoms with van der Waals surface area (Å²) in [5.74, 6) is -0.564. The number of halogens is 2. The van der Waals surface area contributed by atoms with Crippen molar-refractivity contribution in [3.05, 3.63) is 28.2 Å². The highest BCUT2D eigenvalue weighted by atomic mass is 35.5. The molecule has 1 aromatic carbocycles. The van der Waals surface area contributed by atoms with Crippen LogP contribution in [0.2, 0.25) is 10.0 Å². The number of ether oxygens (including phenoxy) is 1. The number of methoxy groups -OCH3 is 1. The Morgan fingerprint density at radius 3 is 2.24 bits per heavy atom. The highest BCUT2D eigenvalue weighted by Gasteiger charge is 2.34. The van der Waals surface area contributed by atoms with E-state index < -0.39 is 10.0 Å². The number of benzene rings is 1. The topological polar surface area (TPSA) is 63.7 Å². The number of carbonyl (C=O) groups is 1. The number of sulfonamides is 1. The molecule has 1 saturated heterocycles. The first-order valence-electron chi connectivity index (χ1n) is 6.40. The van der Waals surface area contributed by atoms with Crippen molar-refractivity contribution in [1.29, 1.82) is 0 Å². The van der Waals surface area contributed by atoms with Crippen LogP contribution in [0.3, 0.4) is 0 Å². The van der Waals surface area contributed by atoms with Crippen LogP contribution in [0.5, 0.6) is 0 Å². The van der Waals surface area contributed by atoms with Gasteiger partial charge >= 0.3 is 5.97 Å². The fourth-order valence-electron chi connectivity index (χ4n) is 2.36. The van der Waals surface area contributed by atoms with E-state index in [1.54, 1.807) is 6.07 Å². The van der Waals surface area contributed by atoms with Crippen molar-refractivity contribution in [2.75, 3.05) is 20.2 Å². The molecular formula is C13H15Cl2NO4S. The van der Waals surface area contributed by atoms with Crippen molar-refractivity contribution < 1.29 is 17.9 Å². The highest BCUT2D eigenvalue weighted by Crippen LogP contribution is 2.33. The maximum absolute atomic E-state index is 12.6. The lowest BCUT2D eigenvalue weighted by Crippen LogP contribution is -2.40. The summed E-state index contributed by atoms with van der Waals surface area (Å²) in [4.78, 5) is 11.4. The van der Waals surface area contributed by atoms with E-state index in [9.17, 15) is 13.2 Å². The minimum Gasteiger partial charge on any atom is -0.469 e. The van der Waals surface area contributed by atoms with Crippen molar-refractivity contribution in [1.82, 2.24) is 4.31 Å². The van der Waals surface area contributed by atoms with E-state index in [0.29, 0.717) is 12.8 Å². The van der Waals surface area contributed by atoms with Gasteiger partial charge in [-0.15, -0.1) is 0 Å². The molecule has 1 aliphatic rings. The number of hydrogen-bond donors (Lipinski definition) is 0. The number of nitrogens with zero attached hydrogens (tertiary/aromatic N) is 1. The zero-order chi connectivity index (χ0) is 15.6. The van der Waals surface area contributed by atoms with Crippen LogP contribution in [0.25, 0.3) is 0 Å². The average molecular weight is 352 g/mol. The number of esters is 1. The van der Waals surface area contributed by atoms with Gasteiger partial charge in [0.1, 0.15) is 4.90 Å². The Balaban J connectivity index is 2.21. The van der Waals surface area contributed by atoms with Crippen LogP contribution in [-0.4, -0.2) is 38.9 Å². The zero-order valence-corrected chi connectivity index (χ0v) is 13.7. The molecule has 1 aromatic rings. The van der Waals surface area contributed by atoms with Gasteiger partial charge in [-0.3, -0.25) is 4.79 Å². The molecule has 116 valence electrons. The first-order valence-corrected chi connectivity index (χ1v) is 8.59. The van der Waals surface area contributed by atoms with Crippen LogP contribution in [0.4, 0.5) is 0 Å². The van der Waals surface area contributed by atoms with Gasteiger partial charge in [0, 0.05) is 13.1 Å². The second-order valence-electron chi connectivity index (χ2n) is 4.75. The van der Waals surface area contributed by atoms with E-state index in [1.165, 1.54) is 23.5 Å². The van der Waals surface area contributed by atoms with Gasteiger partial charge in [-0.05, 0) is 25.0 Å². The molecule has 5 nitrogen and oxygen atoms in total. The lowest BCUT2D eigenvalue weighted by molar-refractivity contribution is -0.146. The molecule has 1 aliphatic heterocycles. The minimum atomic E-state index is -3.76. The molecule has 0 atom stereocenters. The molecule has 0 unspecified atom stereocenters. The fraction of sp³-hybridized carbons (Fsp3) is 0.462. The van der Waals surface area contributed by atoms with E-state index in [1.807, 2.05) is 0 Å². The van der Waals surface area contributed by atoms with Gasteiger partial charge in [0.25, 0.3) is 0 Å². The molecule has 2 rings (SSSR count). The van der Waals surface area contributed by atoms with Crippen molar-refractivity contribution in [2.24, 2.45) is 5.92 Å². The van der Waals surface area contributed by atoms with Crippen molar-refractivity contribution >= 4 is 39.2 Å². The summed E-state index contributed by atoms with van der Waals surface area (Å²) < 4.78 is 31.2. The smallest absolute Gasteiger partial charge is 0.308 e. The minimum absolute atomic E-state index is 0.0788. The summed E-state index contributed by atoms with van der Waals surface area (Å²) in [6.45, 7) is 0.479. The molecule has 1 heterocycles. The normalized spacial score (nSPS) is 17.7. The standard InChI is InChI=1S/C13H15Cl2NO4S/c1-20-13(17)9-5-7-16(8-6-9)21(18,19)12-10(14)3-2-4-11(12)15/h2-4,9H,5-8H2,1H3. The lowest BCUT2D eigenvalue weighted by Gasteiger charge is -2.30. The van der Waals surface area contributed by atoms with Crippen LogP contribution in [0.1, 0.15) is 12.8 Å². The Morgan fingerprint density at radius 2 is 1.76 bits per heavy atom. The second kappa shape index (κ2) is 6.52. The maximum Gasteiger partial charge on any atom is 0.308 e. The molecule has 0 aromatic heterocycles. The molecule has 0 aliphatic carbocycles. The molecule has 0 radical (unpaired) electrons. The second-order valence-corrected chi connectivity index (χ2v) is 7.44. The number of rotatable bonds is 3. The maximum atomic E-state index is 12.6. The Morgan fingerprint density at radius 1 is 1.24 bits per heavy atom. The van der Waals surface area contributed by atoms with Crippen molar-refractivity contribution in [3.63, 3.8) is 0 Å². The van der Waals surface area contributed by atoms with E-state index in [2.05, 4.69) is 4.74 Å². The van der Waals surface area contributed by atoms with Gasteiger partial charge in [-0.2, -0.15) is 4.31 Å². The molecular weight excluding hydrogens is 337 g/mol. The quantitative estimate of drug-likeness (QED) is 0.785. The largest absolute Gasteiger partial charge is 0.469 e. The number of hydrogen-bond acceptors (Lipinski definition) is 4. The molecule has 0 saturated carbocycles. The third kappa shape index (κ3) is 3.34. The molecule has 0 spiro atoms. The molecule has 0 bridgehead atoms. The van der Waals surface area contributed by atoms with E-state index in [-0.39, 0.29) is 39.9 Å². The third-order valence-corrected chi connectivity index (χ3v) is 6.36. The summed E-state index contributed by atoms with van der Waals surface area (Å²) in [5.41, 5.74) is 0. The van der Waals surface area contributed by atoms with Crippen molar-refractivity contribution in [3.8, 4) is 0 Å². The Bertz CT molecular complexity index is 619. The predicted octanol–water partition coefficient (Wildman–Crippen LogP) is 2.57. The van der Waals surface area contributed by atoms with Crippen molar-refractivity contribution in [2.45, 2.75) is 17.7 Å². The first-order chi connectivity index (χ1) is 9.87. The number of piperidine rings is 1. The predicted molar refractivity (Wildman–Crippen MR) is 80.0 cm³/mol. The van der Waals surface area contributed by atoms with Crippen LogP contribution in [0, 0.1) is 5.92 Å². The van der Waals surface area contributed by atoms with Crippen LogP contribution in [-0.2, 0) is 19.6 Å². The molecule has 8 heteroatoms. The first kappa shape index (κ1) is 16.5. The third-order valence-electron chi connectivity index (χ3n) is 3.51. The SMILES string of the molecule is COC(=O)C1CCN(S(=O)(=O)c2c(Cl)cccc2Cl)CC1. The summed E-state index contributed by atoms with van der Waals surface area (Å²) in [5, 5.41) is 0.190. The zero-order valence-electron chi connectivity index (χ0n) is 11.4. The number of carbonyl (C=O) groups excluding carboxylic acids is 1. The van der Waals surface area contributed by atoms with Crippen LogP contribution < -0.4 is 0 Å². The molecule has 1 fully saturated rings. The van der Waals surface area contributed by atoms with E-state index in [0.717, 1.165) is 0 Å². The van der Waals surface area contributed by atoms with Crippen LogP contribution in [0.15, 0.2) is 23.1 Å². The highest BCUT2D eigenvalue weighted by molar-refractivity contribution is 7.89. The van der Waals surface area contributed by atoms with Crippen LogP contribution >= 0.6 is 23.2 Å². The van der Waals surface area contributed by atoms with Gasteiger partial charge in [-0.25, -0.2) is 8.42 Å². The van der Waals surface area contributed by atoms with Gasteiger partial charge in [-0.1, -0.05) is 29.3 Å². The fourth-order valence-corrected chi connectivity index (χ4v) is 4.92. The summed E-state index contributed by atoms with van der Waals surface area (Å²) in [6, 6.07) is 4.57. The Hall–Kier alpha value is -0.820. The van der Waals surface area contributed by atoms with E-state index in [4.69, 9.17) is 23.2 Å². The Labute approximate surface area is 133 Å². The van der Waals surface area contributed by atoms with Gasteiger partial charge in [0.2, 0.25) is 10.0 Å². The summed E-state index contributed by atoms with van der Waals surface area (Å²) in [7, 11) is -2.43. The van der Waals surface area contributed by atoms with E-state index >= 15 is 0 Å². The lowest BCUT2D eigenvalue weighted by atomic mass is 9.99. The summed E-state index contributed by atoms with van der Waals surface area (Å²) >= 11 is 11.9. The van der Waals surface area contributed by atoms with Gasteiger partial charge < -0.3 is 4.74 Å². The molecule has 0 amide bonds. The molecule has 21 heavy (non-hydrogen) atoms. The van der Waals surface area contributed by atoms with Gasteiger partial charge in [0.05, 0.1) is 23.1 Å². The Kier molecular flexibility index (Phi) is 5.14.